The zero-order valence-electron chi connectivity index (χ0n) is 20.3. The van der Waals surface area contributed by atoms with Crippen LogP contribution in [0.15, 0.2) is 49.1 Å². The molecule has 1 unspecified atom stereocenters. The van der Waals surface area contributed by atoms with Gasteiger partial charge >= 0.3 is 6.09 Å². The van der Waals surface area contributed by atoms with Crippen molar-refractivity contribution < 1.29 is 19.0 Å². The molecule has 8 heteroatoms. The Hall–Kier alpha value is -3.55. The second-order valence-corrected chi connectivity index (χ2v) is 10.6. The summed E-state index contributed by atoms with van der Waals surface area (Å²) in [5.74, 6) is 1.16. The van der Waals surface area contributed by atoms with E-state index in [4.69, 9.17) is 14.2 Å². The highest BCUT2D eigenvalue weighted by Crippen LogP contribution is 2.40. The molecular formula is C27H30N4O4. The summed E-state index contributed by atoms with van der Waals surface area (Å²) in [7, 11) is 0. The van der Waals surface area contributed by atoms with Crippen LogP contribution >= 0.6 is 0 Å². The number of aromatic nitrogens is 3. The van der Waals surface area contributed by atoms with Crippen molar-refractivity contribution in [1.82, 2.24) is 19.4 Å². The van der Waals surface area contributed by atoms with Crippen molar-refractivity contribution in [2.75, 3.05) is 0 Å². The fourth-order valence-corrected chi connectivity index (χ4v) is 5.49. The Morgan fingerprint density at radius 3 is 2.57 bits per heavy atom. The summed E-state index contributed by atoms with van der Waals surface area (Å²) in [5, 5.41) is 0. The third kappa shape index (κ3) is 4.22. The van der Waals surface area contributed by atoms with E-state index < -0.39 is 5.60 Å². The fraction of sp³-hybridized carbons (Fsp3) is 0.444. The molecule has 0 aliphatic carbocycles. The van der Waals surface area contributed by atoms with E-state index in [0.717, 1.165) is 48.1 Å². The van der Waals surface area contributed by atoms with Gasteiger partial charge in [0.15, 0.2) is 0 Å². The summed E-state index contributed by atoms with van der Waals surface area (Å²) in [6.45, 7) is 6.18. The second-order valence-electron chi connectivity index (χ2n) is 10.6. The van der Waals surface area contributed by atoms with Crippen LogP contribution in [0.2, 0.25) is 0 Å². The number of piperidine rings is 1. The summed E-state index contributed by atoms with van der Waals surface area (Å²) < 4.78 is 19.9. The van der Waals surface area contributed by atoms with E-state index in [9.17, 15) is 4.79 Å². The van der Waals surface area contributed by atoms with Crippen LogP contribution in [-0.4, -0.2) is 49.3 Å². The van der Waals surface area contributed by atoms with Crippen molar-refractivity contribution in [2.24, 2.45) is 0 Å². The molecule has 0 saturated carbocycles. The zero-order chi connectivity index (χ0) is 24.2. The third-order valence-corrected chi connectivity index (χ3v) is 6.96. The van der Waals surface area contributed by atoms with Gasteiger partial charge in [0, 0.05) is 54.6 Å². The van der Waals surface area contributed by atoms with Gasteiger partial charge in [-0.15, -0.1) is 0 Å². The molecule has 0 spiro atoms. The molecule has 0 radical (unpaired) electrons. The van der Waals surface area contributed by atoms with Gasteiger partial charge in [0.2, 0.25) is 11.8 Å². The Morgan fingerprint density at radius 1 is 1.09 bits per heavy atom. The lowest BCUT2D eigenvalue weighted by Gasteiger charge is -2.39. The van der Waals surface area contributed by atoms with Crippen LogP contribution < -0.4 is 9.47 Å². The van der Waals surface area contributed by atoms with Crippen molar-refractivity contribution in [1.29, 1.82) is 0 Å². The number of hydrogen-bond acceptors (Lipinski definition) is 6. The minimum absolute atomic E-state index is 0.0188. The Bertz CT molecular complexity index is 1240. The first kappa shape index (κ1) is 21.9. The molecule has 0 N–H and O–H groups in total. The number of carbonyl (C=O) groups is 1. The van der Waals surface area contributed by atoms with Gasteiger partial charge in [-0.25, -0.2) is 9.78 Å². The van der Waals surface area contributed by atoms with E-state index in [1.165, 1.54) is 0 Å². The van der Waals surface area contributed by atoms with E-state index in [2.05, 4.69) is 28.2 Å². The van der Waals surface area contributed by atoms with Gasteiger partial charge in [-0.2, -0.15) is 4.98 Å². The maximum absolute atomic E-state index is 12.7. The molecule has 1 amide bonds. The molecule has 2 aromatic heterocycles. The molecule has 3 aromatic rings. The molecule has 5 heterocycles. The van der Waals surface area contributed by atoms with Crippen LogP contribution in [0, 0.1) is 0 Å². The summed E-state index contributed by atoms with van der Waals surface area (Å²) in [6.07, 6.45) is 8.84. The van der Waals surface area contributed by atoms with Gasteiger partial charge in [-0.3, -0.25) is 0 Å². The van der Waals surface area contributed by atoms with E-state index in [1.807, 2.05) is 48.6 Å². The van der Waals surface area contributed by atoms with Crippen molar-refractivity contribution in [3.8, 4) is 28.6 Å². The van der Waals surface area contributed by atoms with Gasteiger partial charge in [0.25, 0.3) is 0 Å². The van der Waals surface area contributed by atoms with Crippen molar-refractivity contribution in [2.45, 2.75) is 76.9 Å². The van der Waals surface area contributed by atoms with Crippen LogP contribution in [0.5, 0.6) is 11.8 Å². The summed E-state index contributed by atoms with van der Waals surface area (Å²) in [4.78, 5) is 23.5. The van der Waals surface area contributed by atoms with E-state index in [1.54, 1.807) is 12.5 Å². The molecule has 3 aliphatic rings. The number of rotatable bonds is 3. The van der Waals surface area contributed by atoms with Gasteiger partial charge < -0.3 is 23.7 Å². The minimum Gasteiger partial charge on any atom is -0.474 e. The molecule has 6 rings (SSSR count). The molecule has 8 nitrogen and oxygen atoms in total. The van der Waals surface area contributed by atoms with Crippen molar-refractivity contribution >= 4 is 6.09 Å². The number of benzene rings is 1. The SMILES string of the molecule is CC(C)(C)OC(=O)N1[C@@H]2CC[C@H]1CC(Oc1ccc3c(n1)OCc1cc(-n4ccnc4)ccc1-3)C2. The molecule has 3 atom stereocenters. The molecule has 2 fully saturated rings. The molecule has 182 valence electrons. The van der Waals surface area contributed by atoms with Gasteiger partial charge in [-0.1, -0.05) is 6.07 Å². The highest BCUT2D eigenvalue weighted by molar-refractivity contribution is 5.75. The topological polar surface area (TPSA) is 78.7 Å². The van der Waals surface area contributed by atoms with Crippen LogP contribution in [0.1, 0.15) is 52.0 Å². The highest BCUT2D eigenvalue weighted by atomic mass is 16.6. The summed E-state index contributed by atoms with van der Waals surface area (Å²) in [6, 6.07) is 10.6. The number of carbonyl (C=O) groups excluding carboxylic acids is 1. The molecule has 2 bridgehead atoms. The maximum Gasteiger partial charge on any atom is 0.410 e. The van der Waals surface area contributed by atoms with Gasteiger partial charge in [0.05, 0.1) is 6.33 Å². The average molecular weight is 475 g/mol. The number of hydrogen-bond donors (Lipinski definition) is 0. The minimum atomic E-state index is -0.489. The van der Waals surface area contributed by atoms with E-state index >= 15 is 0 Å². The lowest BCUT2D eigenvalue weighted by Crippen LogP contribution is -2.50. The number of nitrogens with zero attached hydrogens (tertiary/aromatic N) is 4. The van der Waals surface area contributed by atoms with Crippen molar-refractivity contribution in [3.63, 3.8) is 0 Å². The number of imidazole rings is 1. The Balaban J connectivity index is 1.16. The average Bonchev–Trinajstić information content (AvgIpc) is 3.44. The summed E-state index contributed by atoms with van der Waals surface area (Å²) >= 11 is 0. The van der Waals surface area contributed by atoms with Gasteiger partial charge in [-0.05, 0) is 62.9 Å². The first-order chi connectivity index (χ1) is 16.8. The molecule has 1 aromatic carbocycles. The lowest BCUT2D eigenvalue weighted by molar-refractivity contribution is -0.00765. The maximum atomic E-state index is 12.7. The van der Waals surface area contributed by atoms with Gasteiger partial charge in [0.1, 0.15) is 18.3 Å². The molecular weight excluding hydrogens is 444 g/mol. The zero-order valence-corrected chi connectivity index (χ0v) is 20.3. The fourth-order valence-electron chi connectivity index (χ4n) is 5.49. The number of fused-ring (bicyclic) bond motifs is 5. The molecule has 3 aliphatic heterocycles. The van der Waals surface area contributed by atoms with Crippen LogP contribution in [0.3, 0.4) is 0 Å². The Morgan fingerprint density at radius 2 is 1.86 bits per heavy atom. The smallest absolute Gasteiger partial charge is 0.410 e. The quantitative estimate of drug-likeness (QED) is 0.523. The van der Waals surface area contributed by atoms with Crippen LogP contribution in [0.4, 0.5) is 4.79 Å². The van der Waals surface area contributed by atoms with Crippen LogP contribution in [0.25, 0.3) is 16.8 Å². The number of ether oxygens (including phenoxy) is 3. The monoisotopic (exact) mass is 474 g/mol. The largest absolute Gasteiger partial charge is 0.474 e. The Kier molecular flexibility index (Phi) is 5.20. The standard InChI is InChI=1S/C27H30N4O4/c1-27(2,3)35-26(32)31-19-4-5-20(31)14-21(13-19)34-24-9-8-23-22-7-6-18(30-11-10-28-16-30)12-17(22)15-33-25(23)29-24/h6-12,16,19-21H,4-5,13-15H2,1-3H3/t19-,20+,21?. The Labute approximate surface area is 204 Å². The second kappa shape index (κ2) is 8.29. The first-order valence-corrected chi connectivity index (χ1v) is 12.3. The first-order valence-electron chi connectivity index (χ1n) is 12.3. The molecule has 35 heavy (non-hydrogen) atoms. The van der Waals surface area contributed by atoms with E-state index in [-0.39, 0.29) is 24.3 Å². The third-order valence-electron chi connectivity index (χ3n) is 6.96. The lowest BCUT2D eigenvalue weighted by atomic mass is 9.98. The highest BCUT2D eigenvalue weighted by Gasteiger charge is 2.45. The predicted molar refractivity (Wildman–Crippen MR) is 130 cm³/mol. The summed E-state index contributed by atoms with van der Waals surface area (Å²) in [5.41, 5.74) is 3.77. The molecule has 2 saturated heterocycles. The van der Waals surface area contributed by atoms with E-state index in [0.29, 0.717) is 18.4 Å². The number of pyridine rings is 1. The normalized spacial score (nSPS) is 22.7. The van der Waals surface area contributed by atoms with Crippen molar-refractivity contribution in [3.05, 3.63) is 54.6 Å². The number of amides is 1. The predicted octanol–water partition coefficient (Wildman–Crippen LogP) is 5.14. The van der Waals surface area contributed by atoms with Crippen LogP contribution in [-0.2, 0) is 11.3 Å².